The average Bonchev–Trinajstić information content (AvgIpc) is 2.74. The molecule has 1 aliphatic rings. The Morgan fingerprint density at radius 2 is 1.08 bits per heavy atom. The quantitative estimate of drug-likeness (QED) is 0.733. The molecule has 0 radical (unpaired) electrons. The summed E-state index contributed by atoms with van der Waals surface area (Å²) in [4.78, 5) is 9.72. The second-order valence-corrected chi connectivity index (χ2v) is 6.32. The smallest absolute Gasteiger partial charge is 0.144 e. The van der Waals surface area contributed by atoms with Gasteiger partial charge in [0.15, 0.2) is 0 Å². The Bertz CT molecular complexity index is 844. The molecule has 26 heavy (non-hydrogen) atoms. The van der Waals surface area contributed by atoms with Crippen molar-refractivity contribution in [3.05, 3.63) is 108 Å². The van der Waals surface area contributed by atoms with Crippen LogP contribution in [0.2, 0.25) is 0 Å². The zero-order valence-corrected chi connectivity index (χ0v) is 14.5. The maximum atomic E-state index is 4.86. The van der Waals surface area contributed by atoms with Gasteiger partial charge in [-0.05, 0) is 18.4 Å². The summed E-state index contributed by atoms with van der Waals surface area (Å²) in [6.07, 6.45) is 1.77. The number of amidine groups is 2. The Morgan fingerprint density at radius 3 is 1.58 bits per heavy atom. The molecule has 0 unspecified atom stereocenters. The molecule has 0 spiro atoms. The largest absolute Gasteiger partial charge is 0.324 e. The Morgan fingerprint density at radius 1 is 0.615 bits per heavy atom. The Balaban J connectivity index is 1.61. The number of nitrogens with one attached hydrogen (secondary N) is 1. The van der Waals surface area contributed by atoms with Crippen LogP contribution in [0.25, 0.3) is 0 Å². The van der Waals surface area contributed by atoms with Gasteiger partial charge in [0.05, 0.1) is 0 Å². The van der Waals surface area contributed by atoms with E-state index in [-0.39, 0.29) is 6.17 Å². The number of rotatable bonds is 5. The van der Waals surface area contributed by atoms with Crippen molar-refractivity contribution in [3.8, 4) is 0 Å². The predicted octanol–water partition coefficient (Wildman–Crippen LogP) is 4.44. The number of nitrogens with zero attached hydrogens (tertiary/aromatic N) is 2. The lowest BCUT2D eigenvalue weighted by Crippen LogP contribution is -2.37. The van der Waals surface area contributed by atoms with E-state index in [9.17, 15) is 0 Å². The maximum Gasteiger partial charge on any atom is 0.144 e. The van der Waals surface area contributed by atoms with Crippen molar-refractivity contribution in [3.63, 3.8) is 0 Å². The lowest BCUT2D eigenvalue weighted by Gasteiger charge is -2.22. The Labute approximate surface area is 154 Å². The van der Waals surface area contributed by atoms with Gasteiger partial charge in [-0.25, -0.2) is 9.98 Å². The predicted molar refractivity (Wildman–Crippen MR) is 108 cm³/mol. The van der Waals surface area contributed by atoms with Gasteiger partial charge in [-0.15, -0.1) is 0 Å². The lowest BCUT2D eigenvalue weighted by molar-refractivity contribution is 0.633. The van der Waals surface area contributed by atoms with Crippen LogP contribution in [-0.2, 0) is 6.42 Å². The van der Waals surface area contributed by atoms with Gasteiger partial charge >= 0.3 is 0 Å². The van der Waals surface area contributed by atoms with E-state index in [0.29, 0.717) is 0 Å². The molecular weight excluding hydrogens is 318 g/mol. The van der Waals surface area contributed by atoms with Crippen LogP contribution in [0.5, 0.6) is 0 Å². The monoisotopic (exact) mass is 339 g/mol. The molecule has 128 valence electrons. The summed E-state index contributed by atoms with van der Waals surface area (Å²) >= 11 is 0. The Kier molecular flexibility index (Phi) is 4.88. The topological polar surface area (TPSA) is 36.8 Å². The maximum absolute atomic E-state index is 4.86. The molecule has 0 aromatic heterocycles. The fourth-order valence-corrected chi connectivity index (χ4v) is 3.06. The summed E-state index contributed by atoms with van der Waals surface area (Å²) in [5.41, 5.74) is 3.49. The lowest BCUT2D eigenvalue weighted by atomic mass is 10.1. The van der Waals surface area contributed by atoms with E-state index in [0.717, 1.165) is 35.6 Å². The molecule has 1 heterocycles. The molecule has 3 heteroatoms. The number of aliphatic imine (C=N–C) groups is 2. The highest BCUT2D eigenvalue weighted by molar-refractivity contribution is 6.15. The van der Waals surface area contributed by atoms with E-state index in [1.165, 1.54) is 5.56 Å². The van der Waals surface area contributed by atoms with Crippen molar-refractivity contribution in [2.45, 2.75) is 19.0 Å². The van der Waals surface area contributed by atoms with Gasteiger partial charge in [0.25, 0.3) is 0 Å². The molecule has 0 fully saturated rings. The second-order valence-electron chi connectivity index (χ2n) is 6.32. The summed E-state index contributed by atoms with van der Waals surface area (Å²) in [5, 5.41) is 3.41. The molecule has 3 aromatic carbocycles. The highest BCUT2D eigenvalue weighted by atomic mass is 15.2. The standard InChI is InChI=1S/C23H21N3/c1-4-10-18(11-5-1)16-17-21-24-22(19-12-6-2-7-13-19)26-23(25-21)20-14-8-3-9-15-20/h1-15,21H,16-17H2,(H,24,25,26). The first-order chi connectivity index (χ1) is 12.9. The summed E-state index contributed by atoms with van der Waals surface area (Å²) in [6, 6.07) is 31.0. The highest BCUT2D eigenvalue weighted by Crippen LogP contribution is 2.15. The first kappa shape index (κ1) is 16.3. The third kappa shape index (κ3) is 3.89. The van der Waals surface area contributed by atoms with Gasteiger partial charge < -0.3 is 5.32 Å². The van der Waals surface area contributed by atoms with E-state index in [1.807, 2.05) is 42.5 Å². The summed E-state index contributed by atoms with van der Waals surface area (Å²) < 4.78 is 0. The zero-order valence-electron chi connectivity index (χ0n) is 14.5. The van der Waals surface area contributed by atoms with Crippen molar-refractivity contribution in [1.82, 2.24) is 5.32 Å². The van der Waals surface area contributed by atoms with Gasteiger partial charge in [-0.3, -0.25) is 0 Å². The molecule has 4 rings (SSSR count). The molecule has 0 amide bonds. The summed E-state index contributed by atoms with van der Waals surface area (Å²) in [6.45, 7) is 0. The molecule has 1 N–H and O–H groups in total. The minimum Gasteiger partial charge on any atom is -0.324 e. The molecule has 0 atom stereocenters. The SMILES string of the molecule is c1ccc(CCC2N=C(c3ccccc3)NC(c3ccccc3)=N2)cc1. The molecule has 3 nitrogen and oxygen atoms in total. The van der Waals surface area contributed by atoms with Gasteiger partial charge in [0.1, 0.15) is 17.8 Å². The minimum absolute atomic E-state index is 0.0816. The van der Waals surface area contributed by atoms with Crippen LogP contribution >= 0.6 is 0 Å². The molecule has 1 aliphatic heterocycles. The first-order valence-corrected chi connectivity index (χ1v) is 8.96. The number of hydrogen-bond acceptors (Lipinski definition) is 3. The zero-order chi connectivity index (χ0) is 17.6. The highest BCUT2D eigenvalue weighted by Gasteiger charge is 2.18. The van der Waals surface area contributed by atoms with Crippen molar-refractivity contribution in [2.75, 3.05) is 0 Å². The van der Waals surface area contributed by atoms with E-state index in [2.05, 4.69) is 53.8 Å². The molecule has 0 saturated heterocycles. The van der Waals surface area contributed by atoms with Crippen LogP contribution in [0.1, 0.15) is 23.1 Å². The number of benzene rings is 3. The van der Waals surface area contributed by atoms with Crippen LogP contribution in [0.3, 0.4) is 0 Å². The van der Waals surface area contributed by atoms with E-state index < -0.39 is 0 Å². The molecule has 0 bridgehead atoms. The molecule has 3 aromatic rings. The first-order valence-electron chi connectivity index (χ1n) is 8.96. The normalized spacial score (nSPS) is 14.3. The Hall–Kier alpha value is -3.20. The molecular formula is C23H21N3. The van der Waals surface area contributed by atoms with Crippen molar-refractivity contribution >= 4 is 11.7 Å². The van der Waals surface area contributed by atoms with Crippen LogP contribution in [0.15, 0.2) is 101 Å². The summed E-state index contributed by atoms with van der Waals surface area (Å²) in [5.74, 6) is 1.77. The third-order valence-corrected chi connectivity index (χ3v) is 4.42. The van der Waals surface area contributed by atoms with Crippen LogP contribution in [0, 0.1) is 0 Å². The minimum atomic E-state index is -0.0816. The van der Waals surface area contributed by atoms with Gasteiger partial charge in [-0.1, -0.05) is 91.0 Å². The van der Waals surface area contributed by atoms with Crippen LogP contribution in [-0.4, -0.2) is 17.8 Å². The van der Waals surface area contributed by atoms with E-state index >= 15 is 0 Å². The van der Waals surface area contributed by atoms with E-state index in [4.69, 9.17) is 9.98 Å². The molecule has 0 saturated carbocycles. The van der Waals surface area contributed by atoms with Crippen molar-refractivity contribution in [1.29, 1.82) is 0 Å². The van der Waals surface area contributed by atoms with Gasteiger partial charge in [0.2, 0.25) is 0 Å². The van der Waals surface area contributed by atoms with Crippen molar-refractivity contribution < 1.29 is 0 Å². The molecule has 0 aliphatic carbocycles. The number of hydrogen-bond donors (Lipinski definition) is 1. The van der Waals surface area contributed by atoms with Crippen LogP contribution < -0.4 is 5.32 Å². The van der Waals surface area contributed by atoms with Gasteiger partial charge in [0, 0.05) is 11.1 Å². The van der Waals surface area contributed by atoms with Gasteiger partial charge in [-0.2, -0.15) is 0 Å². The van der Waals surface area contributed by atoms with Crippen molar-refractivity contribution in [2.24, 2.45) is 9.98 Å². The average molecular weight is 339 g/mol. The van der Waals surface area contributed by atoms with Crippen LogP contribution in [0.4, 0.5) is 0 Å². The third-order valence-electron chi connectivity index (χ3n) is 4.42. The fourth-order valence-electron chi connectivity index (χ4n) is 3.06. The van der Waals surface area contributed by atoms with E-state index in [1.54, 1.807) is 0 Å². The number of aryl methyl sites for hydroxylation is 1. The summed E-state index contributed by atoms with van der Waals surface area (Å²) in [7, 11) is 0. The second kappa shape index (κ2) is 7.79. The fraction of sp³-hybridized carbons (Fsp3) is 0.130.